The Hall–Kier alpha value is -3.41. The summed E-state index contributed by atoms with van der Waals surface area (Å²) in [5.74, 6) is -0.875. The van der Waals surface area contributed by atoms with Crippen LogP contribution in [-0.2, 0) is 28.6 Å². The highest BCUT2D eigenvalue weighted by atomic mass is 16.6. The third-order valence-electron chi connectivity index (χ3n) is 14.1. The Bertz CT molecular complexity index is 1450. The van der Waals surface area contributed by atoms with Crippen molar-refractivity contribution in [1.82, 2.24) is 0 Å². The molecule has 0 aromatic rings. The van der Waals surface area contributed by atoms with Crippen molar-refractivity contribution >= 4 is 17.9 Å². The molecule has 0 N–H and O–H groups in total. The number of allylic oxidation sites excluding steroid dienone is 14. The minimum Gasteiger partial charge on any atom is -0.462 e. The highest BCUT2D eigenvalue weighted by Crippen LogP contribution is 2.17. The van der Waals surface area contributed by atoms with Crippen molar-refractivity contribution in [3.05, 3.63) is 85.1 Å². The number of hydrogen-bond acceptors (Lipinski definition) is 6. The van der Waals surface area contributed by atoms with Gasteiger partial charge in [0.15, 0.2) is 6.10 Å². The van der Waals surface area contributed by atoms with E-state index in [1.54, 1.807) is 0 Å². The number of ether oxygens (including phenoxy) is 3. The predicted molar refractivity (Wildman–Crippen MR) is 330 cm³/mol. The molecular formula is C70H122O6. The summed E-state index contributed by atoms with van der Waals surface area (Å²) in [5.41, 5.74) is 0. The normalized spacial score (nSPS) is 12.6. The maximum Gasteiger partial charge on any atom is 0.306 e. The minimum absolute atomic E-state index is 0.0763. The Morgan fingerprint density at radius 2 is 0.539 bits per heavy atom. The van der Waals surface area contributed by atoms with Crippen molar-refractivity contribution < 1.29 is 28.6 Å². The molecule has 1 atom stereocenters. The van der Waals surface area contributed by atoms with Gasteiger partial charge in [-0.25, -0.2) is 0 Å². The fraction of sp³-hybridized carbons (Fsp3) is 0.757. The number of unbranched alkanes of at least 4 members (excludes halogenated alkanes) is 34. The fourth-order valence-electron chi connectivity index (χ4n) is 9.27. The molecule has 6 heteroatoms. The number of carbonyl (C=O) groups is 3. The van der Waals surface area contributed by atoms with E-state index in [2.05, 4.69) is 106 Å². The van der Waals surface area contributed by atoms with E-state index in [9.17, 15) is 14.4 Å². The Morgan fingerprint density at radius 1 is 0.276 bits per heavy atom. The Kier molecular flexibility index (Phi) is 61.2. The van der Waals surface area contributed by atoms with E-state index in [1.165, 1.54) is 173 Å². The van der Waals surface area contributed by atoms with Gasteiger partial charge in [-0.05, 0) is 89.9 Å². The lowest BCUT2D eigenvalue weighted by molar-refractivity contribution is -0.167. The zero-order chi connectivity index (χ0) is 55.0. The van der Waals surface area contributed by atoms with Crippen molar-refractivity contribution in [2.75, 3.05) is 13.2 Å². The van der Waals surface area contributed by atoms with Gasteiger partial charge >= 0.3 is 17.9 Å². The standard InChI is InChI=1S/C70H122O6/c1-4-7-10-13-16-19-22-24-26-28-29-30-31-32-33-34-35-36-37-38-39-40-41-43-44-46-48-51-54-57-60-63-69(72)75-66-67(65-74-68(71)62-59-56-53-50-21-18-15-12-9-6-3)76-70(73)64-61-58-55-52-49-47-45-42-27-25-23-20-17-14-11-8-5-2/h7,10,12,15-16,19,24,26,29-30,32-33,35-36,67H,4-6,8-9,11,13-14,17-18,20-23,25,27-28,31,34,37-66H2,1-3H3/b10-7-,15-12-,19-16-,26-24-,30-29-,33-32-,36-35-. The first-order valence-corrected chi connectivity index (χ1v) is 32.6. The van der Waals surface area contributed by atoms with E-state index in [0.29, 0.717) is 19.3 Å². The zero-order valence-electron chi connectivity index (χ0n) is 50.3. The van der Waals surface area contributed by atoms with Crippen LogP contribution >= 0.6 is 0 Å². The van der Waals surface area contributed by atoms with Crippen LogP contribution in [0, 0.1) is 0 Å². The van der Waals surface area contributed by atoms with Gasteiger partial charge in [0.25, 0.3) is 0 Å². The second-order valence-electron chi connectivity index (χ2n) is 21.6. The molecule has 0 spiro atoms. The number of esters is 3. The minimum atomic E-state index is -0.777. The highest BCUT2D eigenvalue weighted by molar-refractivity contribution is 5.71. The molecule has 0 aromatic heterocycles. The topological polar surface area (TPSA) is 78.9 Å². The van der Waals surface area contributed by atoms with Crippen LogP contribution in [0.15, 0.2) is 85.1 Å². The second-order valence-corrected chi connectivity index (χ2v) is 21.6. The van der Waals surface area contributed by atoms with Gasteiger partial charge in [0.1, 0.15) is 13.2 Å². The van der Waals surface area contributed by atoms with Gasteiger partial charge in [0.05, 0.1) is 0 Å². The van der Waals surface area contributed by atoms with Crippen LogP contribution in [-0.4, -0.2) is 37.2 Å². The summed E-state index contributed by atoms with van der Waals surface area (Å²) in [6.45, 7) is 6.49. The molecule has 1 unspecified atom stereocenters. The molecule has 0 saturated heterocycles. The molecular weight excluding hydrogens is 937 g/mol. The second kappa shape index (κ2) is 64.1. The molecule has 0 aliphatic carbocycles. The molecule has 0 heterocycles. The molecule has 438 valence electrons. The van der Waals surface area contributed by atoms with Gasteiger partial charge < -0.3 is 14.2 Å². The summed E-state index contributed by atoms with van der Waals surface area (Å²) in [6, 6.07) is 0. The van der Waals surface area contributed by atoms with Gasteiger partial charge in [-0.15, -0.1) is 0 Å². The third kappa shape index (κ3) is 61.4. The quantitative estimate of drug-likeness (QED) is 0.0261. The molecule has 0 bridgehead atoms. The molecule has 6 nitrogen and oxygen atoms in total. The maximum atomic E-state index is 12.9. The summed E-state index contributed by atoms with van der Waals surface area (Å²) in [5, 5.41) is 0. The first-order chi connectivity index (χ1) is 37.5. The summed E-state index contributed by atoms with van der Waals surface area (Å²) >= 11 is 0. The lowest BCUT2D eigenvalue weighted by Gasteiger charge is -2.18. The third-order valence-corrected chi connectivity index (χ3v) is 14.1. The summed E-state index contributed by atoms with van der Waals surface area (Å²) in [7, 11) is 0. The van der Waals surface area contributed by atoms with Crippen molar-refractivity contribution in [2.45, 2.75) is 329 Å². The van der Waals surface area contributed by atoms with E-state index in [4.69, 9.17) is 14.2 Å². The van der Waals surface area contributed by atoms with Gasteiger partial charge in [-0.2, -0.15) is 0 Å². The van der Waals surface area contributed by atoms with E-state index in [-0.39, 0.29) is 31.1 Å². The van der Waals surface area contributed by atoms with Crippen LogP contribution in [0.2, 0.25) is 0 Å². The molecule has 0 radical (unpaired) electrons. The summed E-state index contributed by atoms with van der Waals surface area (Å²) < 4.78 is 16.9. The van der Waals surface area contributed by atoms with Crippen molar-refractivity contribution in [2.24, 2.45) is 0 Å². The lowest BCUT2D eigenvalue weighted by atomic mass is 10.0. The first-order valence-electron chi connectivity index (χ1n) is 32.6. The van der Waals surface area contributed by atoms with Gasteiger partial charge in [0, 0.05) is 19.3 Å². The molecule has 76 heavy (non-hydrogen) atoms. The lowest BCUT2D eigenvalue weighted by Crippen LogP contribution is -2.30. The average Bonchev–Trinajstić information content (AvgIpc) is 3.42. The SMILES string of the molecule is CC/C=C\C/C=C\C/C=C\C/C=C\C/C=C\C/C=C\CCCCCCCCCCCCCCC(=O)OCC(COC(=O)CCCCCCC/C=C\CCC)OC(=O)CCCCCCCCCCCCCCCCCCC. The van der Waals surface area contributed by atoms with Crippen molar-refractivity contribution in [3.63, 3.8) is 0 Å². The smallest absolute Gasteiger partial charge is 0.306 e. The Labute approximate surface area is 471 Å². The largest absolute Gasteiger partial charge is 0.462 e. The van der Waals surface area contributed by atoms with Crippen molar-refractivity contribution in [1.29, 1.82) is 0 Å². The van der Waals surface area contributed by atoms with Crippen LogP contribution in [0.1, 0.15) is 323 Å². The molecule has 0 aromatic carbocycles. The molecule has 0 aliphatic heterocycles. The summed E-state index contributed by atoms with van der Waals surface area (Å²) in [4.78, 5) is 38.2. The molecule has 0 rings (SSSR count). The van der Waals surface area contributed by atoms with Gasteiger partial charge in [-0.3, -0.25) is 14.4 Å². The first kappa shape index (κ1) is 72.6. The zero-order valence-corrected chi connectivity index (χ0v) is 50.3. The average molecular weight is 1060 g/mol. The number of hydrogen-bond donors (Lipinski definition) is 0. The molecule has 0 amide bonds. The molecule has 0 saturated carbocycles. The van der Waals surface area contributed by atoms with Crippen LogP contribution in [0.25, 0.3) is 0 Å². The maximum absolute atomic E-state index is 12.9. The Balaban J connectivity index is 4.16. The van der Waals surface area contributed by atoms with Crippen LogP contribution in [0.3, 0.4) is 0 Å². The van der Waals surface area contributed by atoms with Crippen molar-refractivity contribution in [3.8, 4) is 0 Å². The fourth-order valence-corrected chi connectivity index (χ4v) is 9.27. The summed E-state index contributed by atoms with van der Waals surface area (Å²) in [6.07, 6.45) is 84.6. The van der Waals surface area contributed by atoms with Crippen LogP contribution in [0.4, 0.5) is 0 Å². The molecule has 0 aliphatic rings. The number of rotatable bonds is 59. The number of carbonyl (C=O) groups excluding carboxylic acids is 3. The van der Waals surface area contributed by atoms with Gasteiger partial charge in [0.2, 0.25) is 0 Å². The monoisotopic (exact) mass is 1060 g/mol. The highest BCUT2D eigenvalue weighted by Gasteiger charge is 2.19. The van der Waals surface area contributed by atoms with Gasteiger partial charge in [-0.1, -0.05) is 298 Å². The molecule has 0 fully saturated rings. The van der Waals surface area contributed by atoms with E-state index < -0.39 is 6.10 Å². The van der Waals surface area contributed by atoms with E-state index in [0.717, 1.165) is 109 Å². The Morgan fingerprint density at radius 3 is 0.868 bits per heavy atom. The predicted octanol–water partition coefficient (Wildman–Crippen LogP) is 22.3. The van der Waals surface area contributed by atoms with E-state index in [1.807, 2.05) is 0 Å². The van der Waals surface area contributed by atoms with E-state index >= 15 is 0 Å². The van der Waals surface area contributed by atoms with Crippen LogP contribution in [0.5, 0.6) is 0 Å². The van der Waals surface area contributed by atoms with Crippen LogP contribution < -0.4 is 0 Å².